The van der Waals surface area contributed by atoms with E-state index in [1.165, 1.54) is 24.3 Å². The second-order valence-corrected chi connectivity index (χ2v) is 7.94. The molecule has 168 valence electrons. The van der Waals surface area contributed by atoms with Gasteiger partial charge in [-0.15, -0.1) is 0 Å². The molecule has 0 aliphatic carbocycles. The van der Waals surface area contributed by atoms with E-state index in [4.69, 9.17) is 14.6 Å². The third-order valence-corrected chi connectivity index (χ3v) is 5.76. The fraction of sp³-hybridized carbons (Fsp3) is 0.348. The minimum absolute atomic E-state index is 0.0914. The van der Waals surface area contributed by atoms with Crippen molar-refractivity contribution in [1.82, 2.24) is 4.90 Å². The molecule has 1 saturated heterocycles. The number of halogens is 1. The van der Waals surface area contributed by atoms with Crippen LogP contribution < -0.4 is 10.1 Å². The van der Waals surface area contributed by atoms with Gasteiger partial charge in [-0.2, -0.15) is 0 Å². The molecule has 2 aliphatic heterocycles. The first-order chi connectivity index (χ1) is 15.3. The number of rotatable bonds is 4. The van der Waals surface area contributed by atoms with Crippen LogP contribution in [0.1, 0.15) is 40.0 Å². The Balaban J connectivity index is 1.54. The number of carboxylic acid groups (broad SMARTS) is 1. The maximum absolute atomic E-state index is 13.4. The molecule has 0 spiro atoms. The molecule has 0 aromatic heterocycles. The third kappa shape index (κ3) is 4.57. The Labute approximate surface area is 183 Å². The summed E-state index contributed by atoms with van der Waals surface area (Å²) < 4.78 is 25.2. The lowest BCUT2D eigenvalue weighted by Gasteiger charge is -2.42. The van der Waals surface area contributed by atoms with Crippen molar-refractivity contribution in [2.45, 2.75) is 37.5 Å². The second kappa shape index (κ2) is 8.96. The van der Waals surface area contributed by atoms with E-state index in [-0.39, 0.29) is 36.1 Å². The van der Waals surface area contributed by atoms with Gasteiger partial charge in [0.2, 0.25) is 0 Å². The number of anilines is 1. The minimum atomic E-state index is -0.928. The molecule has 0 radical (unpaired) electrons. The van der Waals surface area contributed by atoms with E-state index >= 15 is 0 Å². The van der Waals surface area contributed by atoms with Crippen molar-refractivity contribution in [3.63, 3.8) is 0 Å². The van der Waals surface area contributed by atoms with Gasteiger partial charge >= 0.3 is 5.97 Å². The predicted octanol–water partition coefficient (Wildman–Crippen LogP) is 2.93. The Morgan fingerprint density at radius 2 is 2.03 bits per heavy atom. The summed E-state index contributed by atoms with van der Waals surface area (Å²) in [5.74, 6) is -1.90. The quantitative estimate of drug-likeness (QED) is 0.754. The van der Waals surface area contributed by atoms with Gasteiger partial charge in [0, 0.05) is 18.3 Å². The van der Waals surface area contributed by atoms with E-state index in [0.29, 0.717) is 24.3 Å². The Morgan fingerprint density at radius 1 is 1.22 bits per heavy atom. The van der Waals surface area contributed by atoms with Crippen molar-refractivity contribution < 1.29 is 33.4 Å². The molecule has 4 rings (SSSR count). The Bertz CT molecular complexity index is 1060. The van der Waals surface area contributed by atoms with Crippen LogP contribution in [0.2, 0.25) is 0 Å². The summed E-state index contributed by atoms with van der Waals surface area (Å²) in [6, 6.07) is 9.77. The Hall–Kier alpha value is -3.46. The standard InChI is InChI=1S/C23H23FN2O6/c1-26-18-7-6-16(11-21(27)28)32-20(18)12-31-19-8-5-15(10-17(19)23(26)30)25-22(29)13-3-2-4-14(24)9-13/h2-5,8-10,16,18,20H,6-7,11-12H2,1H3,(H,25,29)(H,27,28)/t16-,18-,20+/m1/s1. The lowest BCUT2D eigenvalue weighted by Crippen LogP contribution is -2.53. The van der Waals surface area contributed by atoms with Crippen molar-refractivity contribution in [2.24, 2.45) is 0 Å². The number of nitrogens with zero attached hydrogens (tertiary/aromatic N) is 1. The Morgan fingerprint density at radius 3 is 2.78 bits per heavy atom. The van der Waals surface area contributed by atoms with Gasteiger partial charge in [-0.25, -0.2) is 4.39 Å². The fourth-order valence-electron chi connectivity index (χ4n) is 4.13. The van der Waals surface area contributed by atoms with Crippen molar-refractivity contribution >= 4 is 23.5 Å². The van der Waals surface area contributed by atoms with Gasteiger partial charge in [0.05, 0.1) is 24.1 Å². The van der Waals surface area contributed by atoms with Gasteiger partial charge in [-0.05, 0) is 49.2 Å². The van der Waals surface area contributed by atoms with Gasteiger partial charge in [-0.3, -0.25) is 14.4 Å². The van der Waals surface area contributed by atoms with Crippen LogP contribution in [-0.4, -0.2) is 59.7 Å². The molecule has 0 unspecified atom stereocenters. The molecule has 9 heteroatoms. The molecule has 3 atom stereocenters. The number of aliphatic carboxylic acids is 1. The molecule has 0 bridgehead atoms. The number of nitrogens with one attached hydrogen (secondary N) is 1. The number of amides is 2. The summed E-state index contributed by atoms with van der Waals surface area (Å²) in [6.45, 7) is 0.167. The van der Waals surface area contributed by atoms with Gasteiger partial charge < -0.3 is 24.8 Å². The molecular formula is C23H23FN2O6. The average Bonchev–Trinajstić information content (AvgIpc) is 2.76. The van der Waals surface area contributed by atoms with Gasteiger partial charge in [0.25, 0.3) is 11.8 Å². The molecule has 8 nitrogen and oxygen atoms in total. The second-order valence-electron chi connectivity index (χ2n) is 7.94. The van der Waals surface area contributed by atoms with Gasteiger partial charge in [-0.1, -0.05) is 6.07 Å². The highest BCUT2D eigenvalue weighted by molar-refractivity contribution is 6.05. The summed E-state index contributed by atoms with van der Waals surface area (Å²) >= 11 is 0. The van der Waals surface area contributed by atoms with E-state index in [9.17, 15) is 18.8 Å². The number of fused-ring (bicyclic) bond motifs is 2. The molecular weight excluding hydrogens is 419 g/mol. The van der Waals surface area contributed by atoms with Crippen LogP contribution in [0.4, 0.5) is 10.1 Å². The Kier molecular flexibility index (Phi) is 6.09. The van der Waals surface area contributed by atoms with Crippen LogP contribution in [0, 0.1) is 5.82 Å². The maximum atomic E-state index is 13.4. The van der Waals surface area contributed by atoms with E-state index in [1.807, 2.05) is 0 Å². The SMILES string of the molecule is CN1C(=O)c2cc(NC(=O)c3cccc(F)c3)ccc2OC[C@@H]2O[C@@H](CC(=O)O)CC[C@H]21. The summed E-state index contributed by atoms with van der Waals surface area (Å²) in [5, 5.41) is 11.7. The zero-order chi connectivity index (χ0) is 22.8. The molecule has 2 N–H and O–H groups in total. The molecule has 2 amide bonds. The van der Waals surface area contributed by atoms with E-state index in [0.717, 1.165) is 6.07 Å². The first kappa shape index (κ1) is 21.8. The van der Waals surface area contributed by atoms with Crippen LogP contribution in [0.15, 0.2) is 42.5 Å². The van der Waals surface area contributed by atoms with Crippen LogP contribution in [0.3, 0.4) is 0 Å². The zero-order valence-corrected chi connectivity index (χ0v) is 17.4. The van der Waals surface area contributed by atoms with Gasteiger partial charge in [0.1, 0.15) is 24.3 Å². The normalized spacial score (nSPS) is 22.6. The summed E-state index contributed by atoms with van der Waals surface area (Å²) in [7, 11) is 1.67. The fourth-order valence-corrected chi connectivity index (χ4v) is 4.13. The zero-order valence-electron chi connectivity index (χ0n) is 17.4. The molecule has 2 aliphatic rings. The lowest BCUT2D eigenvalue weighted by atomic mass is 9.94. The van der Waals surface area contributed by atoms with Crippen molar-refractivity contribution in [3.8, 4) is 5.75 Å². The largest absolute Gasteiger partial charge is 0.490 e. The van der Waals surface area contributed by atoms with Gasteiger partial charge in [0.15, 0.2) is 0 Å². The average molecular weight is 442 g/mol. The maximum Gasteiger partial charge on any atom is 0.305 e. The van der Waals surface area contributed by atoms with E-state index in [1.54, 1.807) is 24.1 Å². The number of hydrogen-bond acceptors (Lipinski definition) is 5. The monoisotopic (exact) mass is 442 g/mol. The number of carbonyl (C=O) groups is 3. The number of carboxylic acids is 1. The molecule has 32 heavy (non-hydrogen) atoms. The lowest BCUT2D eigenvalue weighted by molar-refractivity contribution is -0.148. The minimum Gasteiger partial charge on any atom is -0.490 e. The van der Waals surface area contributed by atoms with Crippen LogP contribution in [-0.2, 0) is 9.53 Å². The topological polar surface area (TPSA) is 105 Å². The molecule has 2 aromatic rings. The van der Waals surface area contributed by atoms with Crippen molar-refractivity contribution in [1.29, 1.82) is 0 Å². The summed E-state index contributed by atoms with van der Waals surface area (Å²) in [5.41, 5.74) is 0.826. The number of benzene rings is 2. The van der Waals surface area contributed by atoms with E-state index in [2.05, 4.69) is 5.32 Å². The highest BCUT2D eigenvalue weighted by Crippen LogP contribution is 2.32. The smallest absolute Gasteiger partial charge is 0.305 e. The van der Waals surface area contributed by atoms with Crippen molar-refractivity contribution in [2.75, 3.05) is 19.0 Å². The highest BCUT2D eigenvalue weighted by atomic mass is 19.1. The highest BCUT2D eigenvalue weighted by Gasteiger charge is 2.39. The first-order valence-corrected chi connectivity index (χ1v) is 10.3. The van der Waals surface area contributed by atoms with Crippen molar-refractivity contribution in [3.05, 3.63) is 59.4 Å². The molecule has 0 saturated carbocycles. The van der Waals surface area contributed by atoms with Crippen LogP contribution in [0.5, 0.6) is 5.75 Å². The van der Waals surface area contributed by atoms with Crippen LogP contribution in [0.25, 0.3) is 0 Å². The summed E-state index contributed by atoms with van der Waals surface area (Å²) in [6.07, 6.45) is 0.176. The predicted molar refractivity (Wildman–Crippen MR) is 112 cm³/mol. The van der Waals surface area contributed by atoms with E-state index < -0.39 is 29.9 Å². The molecule has 2 aromatic carbocycles. The summed E-state index contributed by atoms with van der Waals surface area (Å²) in [4.78, 5) is 38.2. The third-order valence-electron chi connectivity index (χ3n) is 5.76. The number of likely N-dealkylation sites (N-methyl/N-ethyl adjacent to an activating group) is 1. The molecule has 1 fully saturated rings. The number of ether oxygens (including phenoxy) is 2. The number of hydrogen-bond donors (Lipinski definition) is 2. The first-order valence-electron chi connectivity index (χ1n) is 10.3. The van der Waals surface area contributed by atoms with Crippen LogP contribution >= 0.6 is 0 Å². The molecule has 2 heterocycles. The number of carbonyl (C=O) groups excluding carboxylic acids is 2.